The van der Waals surface area contributed by atoms with Crippen molar-refractivity contribution >= 4 is 15.9 Å². The third kappa shape index (κ3) is 3.57. The van der Waals surface area contributed by atoms with E-state index in [1.165, 1.54) is 16.8 Å². The smallest absolute Gasteiger partial charge is 0.256 e. The molecule has 0 unspecified atom stereocenters. The summed E-state index contributed by atoms with van der Waals surface area (Å²) in [7, 11) is -3.10. The molecule has 1 aliphatic heterocycles. The lowest BCUT2D eigenvalue weighted by atomic mass is 9.98. The Morgan fingerprint density at radius 1 is 1.50 bits per heavy atom. The minimum atomic E-state index is -3.10. The van der Waals surface area contributed by atoms with Crippen molar-refractivity contribution in [3.05, 3.63) is 17.5 Å². The maximum absolute atomic E-state index is 11.9. The van der Waals surface area contributed by atoms with Gasteiger partial charge in [0.1, 0.15) is 11.3 Å². The maximum atomic E-state index is 11.9. The molecule has 1 fully saturated rings. The monoisotopic (exact) mass is 301 g/mol. The summed E-state index contributed by atoms with van der Waals surface area (Å²) in [5.41, 5.74) is 0.443. The Kier molecular flexibility index (Phi) is 4.44. The van der Waals surface area contributed by atoms with Crippen LogP contribution in [0.2, 0.25) is 0 Å². The van der Waals surface area contributed by atoms with Crippen LogP contribution in [-0.2, 0) is 10.0 Å². The number of aromatic nitrogens is 1. The van der Waals surface area contributed by atoms with E-state index in [1.54, 1.807) is 6.92 Å². The van der Waals surface area contributed by atoms with Crippen molar-refractivity contribution in [2.75, 3.05) is 25.9 Å². The average molecular weight is 301 g/mol. The molecule has 7 nitrogen and oxygen atoms in total. The average Bonchev–Trinajstić information content (AvgIpc) is 2.82. The second-order valence-electron chi connectivity index (χ2n) is 5.11. The van der Waals surface area contributed by atoms with Gasteiger partial charge in [0.25, 0.3) is 5.91 Å². The molecule has 0 bridgehead atoms. The standard InChI is InChI=1S/C12H19N3O4S/c1-9-11(8-14-19-9)12(16)13-7-10-3-5-15(6-4-10)20(2,17)18/h8,10H,3-7H2,1-2H3,(H,13,16). The molecule has 8 heteroatoms. The van der Waals surface area contributed by atoms with Gasteiger partial charge in [-0.15, -0.1) is 0 Å². The molecule has 2 heterocycles. The van der Waals surface area contributed by atoms with Crippen LogP contribution in [0.15, 0.2) is 10.7 Å². The summed E-state index contributed by atoms with van der Waals surface area (Å²) in [6.07, 6.45) is 4.15. The lowest BCUT2D eigenvalue weighted by molar-refractivity contribution is 0.0940. The van der Waals surface area contributed by atoms with Gasteiger partial charge in [-0.3, -0.25) is 4.79 Å². The Balaban J connectivity index is 1.80. The van der Waals surface area contributed by atoms with Gasteiger partial charge in [0.2, 0.25) is 10.0 Å². The molecule has 0 radical (unpaired) electrons. The summed E-state index contributed by atoms with van der Waals surface area (Å²) in [4.78, 5) is 11.9. The Morgan fingerprint density at radius 2 is 2.15 bits per heavy atom. The lowest BCUT2D eigenvalue weighted by Crippen LogP contribution is -2.41. The van der Waals surface area contributed by atoms with Gasteiger partial charge in [0.15, 0.2) is 0 Å². The number of rotatable bonds is 4. The zero-order valence-corrected chi connectivity index (χ0v) is 12.4. The molecular weight excluding hydrogens is 282 g/mol. The van der Waals surface area contributed by atoms with Gasteiger partial charge in [0.05, 0.1) is 12.5 Å². The van der Waals surface area contributed by atoms with Gasteiger partial charge in [-0.2, -0.15) is 0 Å². The molecule has 1 aromatic heterocycles. The molecule has 20 heavy (non-hydrogen) atoms. The molecule has 0 saturated carbocycles. The summed E-state index contributed by atoms with van der Waals surface area (Å²) in [6, 6.07) is 0. The largest absolute Gasteiger partial charge is 0.361 e. The third-order valence-corrected chi connectivity index (χ3v) is 4.89. The first-order chi connectivity index (χ1) is 9.38. The van der Waals surface area contributed by atoms with Crippen molar-refractivity contribution in [2.45, 2.75) is 19.8 Å². The van der Waals surface area contributed by atoms with Crippen molar-refractivity contribution in [3.8, 4) is 0 Å². The molecular formula is C12H19N3O4S. The normalized spacial score (nSPS) is 18.1. The van der Waals surface area contributed by atoms with Crippen LogP contribution in [0.5, 0.6) is 0 Å². The third-order valence-electron chi connectivity index (χ3n) is 3.59. The number of hydrogen-bond donors (Lipinski definition) is 1. The molecule has 0 aromatic carbocycles. The number of aryl methyl sites for hydroxylation is 1. The van der Waals surface area contributed by atoms with Crippen molar-refractivity contribution in [3.63, 3.8) is 0 Å². The minimum absolute atomic E-state index is 0.200. The fourth-order valence-corrected chi connectivity index (χ4v) is 3.17. The molecule has 1 saturated heterocycles. The molecule has 0 atom stereocenters. The number of carbonyl (C=O) groups is 1. The number of carbonyl (C=O) groups excluding carboxylic acids is 1. The van der Waals surface area contributed by atoms with Crippen LogP contribution >= 0.6 is 0 Å². The van der Waals surface area contributed by atoms with Crippen molar-refractivity contribution < 1.29 is 17.7 Å². The number of amides is 1. The van der Waals surface area contributed by atoms with Crippen molar-refractivity contribution in [1.29, 1.82) is 0 Å². The van der Waals surface area contributed by atoms with E-state index in [-0.39, 0.29) is 5.91 Å². The highest BCUT2D eigenvalue weighted by Gasteiger charge is 2.25. The summed E-state index contributed by atoms with van der Waals surface area (Å²) < 4.78 is 29.1. The first-order valence-electron chi connectivity index (χ1n) is 6.52. The predicted molar refractivity (Wildman–Crippen MR) is 72.7 cm³/mol. The van der Waals surface area contributed by atoms with Crippen molar-refractivity contribution in [1.82, 2.24) is 14.8 Å². The summed E-state index contributed by atoms with van der Waals surface area (Å²) in [5, 5.41) is 6.41. The first kappa shape index (κ1) is 15.0. The minimum Gasteiger partial charge on any atom is -0.361 e. The number of hydrogen-bond acceptors (Lipinski definition) is 5. The SMILES string of the molecule is Cc1oncc1C(=O)NCC1CCN(S(C)(=O)=O)CC1. The molecule has 1 amide bonds. The van der Waals surface area contributed by atoms with Gasteiger partial charge in [-0.05, 0) is 25.7 Å². The van der Waals surface area contributed by atoms with E-state index in [1.807, 2.05) is 0 Å². The van der Waals surface area contributed by atoms with E-state index in [4.69, 9.17) is 4.52 Å². The van der Waals surface area contributed by atoms with Crippen LogP contribution in [0, 0.1) is 12.8 Å². The molecule has 1 aliphatic rings. The van der Waals surface area contributed by atoms with Crippen LogP contribution in [0.4, 0.5) is 0 Å². The van der Waals surface area contributed by atoms with Gasteiger partial charge in [-0.25, -0.2) is 12.7 Å². The zero-order chi connectivity index (χ0) is 14.8. The second-order valence-corrected chi connectivity index (χ2v) is 7.09. The van der Waals surface area contributed by atoms with Crippen LogP contribution in [0.3, 0.4) is 0 Å². The second kappa shape index (κ2) is 5.92. The molecule has 1 aromatic rings. The zero-order valence-electron chi connectivity index (χ0n) is 11.6. The van der Waals surface area contributed by atoms with Crippen LogP contribution in [0.1, 0.15) is 29.0 Å². The van der Waals surface area contributed by atoms with Crippen LogP contribution < -0.4 is 5.32 Å². The van der Waals surface area contributed by atoms with Crippen LogP contribution in [0.25, 0.3) is 0 Å². The highest BCUT2D eigenvalue weighted by atomic mass is 32.2. The quantitative estimate of drug-likeness (QED) is 0.868. The van der Waals surface area contributed by atoms with Gasteiger partial charge >= 0.3 is 0 Å². The Hall–Kier alpha value is -1.41. The fourth-order valence-electron chi connectivity index (χ4n) is 2.29. The topological polar surface area (TPSA) is 92.5 Å². The van der Waals surface area contributed by atoms with Gasteiger partial charge in [0, 0.05) is 19.6 Å². The first-order valence-corrected chi connectivity index (χ1v) is 8.37. The van der Waals surface area contributed by atoms with E-state index in [0.717, 1.165) is 12.8 Å². The Bertz CT molecular complexity index is 573. The highest BCUT2D eigenvalue weighted by molar-refractivity contribution is 7.88. The predicted octanol–water partition coefficient (Wildman–Crippen LogP) is 0.384. The highest BCUT2D eigenvalue weighted by Crippen LogP contribution is 2.18. The number of piperidine rings is 1. The van der Waals surface area contributed by atoms with Crippen LogP contribution in [-0.4, -0.2) is 49.7 Å². The lowest BCUT2D eigenvalue weighted by Gasteiger charge is -2.30. The van der Waals surface area contributed by atoms with E-state index in [0.29, 0.717) is 36.9 Å². The molecule has 0 aliphatic carbocycles. The van der Waals surface area contributed by atoms with E-state index < -0.39 is 10.0 Å². The summed E-state index contributed by atoms with van der Waals surface area (Å²) in [5.74, 6) is 0.598. The molecule has 112 valence electrons. The van der Waals surface area contributed by atoms with E-state index in [2.05, 4.69) is 10.5 Å². The number of nitrogens with zero attached hydrogens (tertiary/aromatic N) is 2. The Morgan fingerprint density at radius 3 is 2.65 bits per heavy atom. The number of sulfonamides is 1. The molecule has 1 N–H and O–H groups in total. The molecule has 0 spiro atoms. The fraction of sp³-hybridized carbons (Fsp3) is 0.667. The van der Waals surface area contributed by atoms with E-state index in [9.17, 15) is 13.2 Å². The maximum Gasteiger partial charge on any atom is 0.256 e. The Labute approximate surface area is 118 Å². The number of nitrogens with one attached hydrogen (secondary N) is 1. The van der Waals surface area contributed by atoms with Gasteiger partial charge in [-0.1, -0.05) is 5.16 Å². The van der Waals surface area contributed by atoms with Crippen molar-refractivity contribution in [2.24, 2.45) is 5.92 Å². The molecule has 2 rings (SSSR count). The summed E-state index contributed by atoms with van der Waals surface area (Å²) in [6.45, 7) is 3.27. The van der Waals surface area contributed by atoms with E-state index >= 15 is 0 Å². The van der Waals surface area contributed by atoms with Gasteiger partial charge < -0.3 is 9.84 Å². The summed E-state index contributed by atoms with van der Waals surface area (Å²) >= 11 is 0.